The van der Waals surface area contributed by atoms with E-state index < -0.39 is 11.9 Å². The third kappa shape index (κ3) is 4.91. The van der Waals surface area contributed by atoms with Gasteiger partial charge < -0.3 is 15.8 Å². The fourth-order valence-electron chi connectivity index (χ4n) is 1.73. The van der Waals surface area contributed by atoms with Gasteiger partial charge in [-0.25, -0.2) is 9.37 Å². The maximum atomic E-state index is 12.6. The van der Waals surface area contributed by atoms with Crippen molar-refractivity contribution in [3.05, 3.63) is 24.1 Å². The van der Waals surface area contributed by atoms with Crippen LogP contribution in [0, 0.1) is 5.82 Å². The molecule has 0 saturated carbocycles. The molecule has 0 radical (unpaired) electrons. The molecule has 108 valence electrons. The van der Waals surface area contributed by atoms with Crippen LogP contribution in [0.25, 0.3) is 0 Å². The fourth-order valence-corrected chi connectivity index (χ4v) is 1.73. The monoisotopic (exact) mass is 311 g/mol. The van der Waals surface area contributed by atoms with Crippen molar-refractivity contribution >= 4 is 36.5 Å². The molecule has 1 amide bonds. The van der Waals surface area contributed by atoms with Gasteiger partial charge in [0.15, 0.2) is 0 Å². The Kier molecular flexibility index (Phi) is 7.85. The SMILES string of the molecule is Cl.Cl.NC[C@H]1CC[C@@H](C(=O)Nc2ccc(F)cn2)O1. The highest BCUT2D eigenvalue weighted by Crippen LogP contribution is 2.20. The minimum absolute atomic E-state index is 0. The topological polar surface area (TPSA) is 77.2 Å². The molecule has 3 N–H and O–H groups in total. The minimum Gasteiger partial charge on any atom is -0.364 e. The van der Waals surface area contributed by atoms with Gasteiger partial charge in [-0.2, -0.15) is 0 Å². The summed E-state index contributed by atoms with van der Waals surface area (Å²) in [4.78, 5) is 15.5. The van der Waals surface area contributed by atoms with Crippen LogP contribution in [0.15, 0.2) is 18.3 Å². The molecular weight excluding hydrogens is 296 g/mol. The Hall–Kier alpha value is -0.950. The number of carbonyl (C=O) groups is 1. The summed E-state index contributed by atoms with van der Waals surface area (Å²) in [6.07, 6.45) is 1.94. The third-order valence-corrected chi connectivity index (χ3v) is 2.64. The van der Waals surface area contributed by atoms with Crippen LogP contribution in [-0.4, -0.2) is 29.6 Å². The molecule has 5 nitrogen and oxygen atoms in total. The first-order chi connectivity index (χ1) is 8.19. The largest absolute Gasteiger partial charge is 0.364 e. The van der Waals surface area contributed by atoms with Crippen molar-refractivity contribution < 1.29 is 13.9 Å². The molecule has 8 heteroatoms. The lowest BCUT2D eigenvalue weighted by Gasteiger charge is -2.12. The molecule has 0 spiro atoms. The maximum Gasteiger partial charge on any atom is 0.254 e. The van der Waals surface area contributed by atoms with Crippen molar-refractivity contribution in [2.45, 2.75) is 25.0 Å². The highest BCUT2D eigenvalue weighted by molar-refractivity contribution is 5.93. The van der Waals surface area contributed by atoms with E-state index in [-0.39, 0.29) is 36.8 Å². The Morgan fingerprint density at radius 2 is 2.21 bits per heavy atom. The number of hydrogen-bond donors (Lipinski definition) is 2. The van der Waals surface area contributed by atoms with E-state index >= 15 is 0 Å². The molecule has 1 fully saturated rings. The second kappa shape index (κ2) is 8.27. The average molecular weight is 312 g/mol. The van der Waals surface area contributed by atoms with Crippen molar-refractivity contribution in [2.75, 3.05) is 11.9 Å². The highest BCUT2D eigenvalue weighted by atomic mass is 35.5. The van der Waals surface area contributed by atoms with Crippen molar-refractivity contribution in [1.29, 1.82) is 0 Å². The van der Waals surface area contributed by atoms with Gasteiger partial charge in [-0.05, 0) is 25.0 Å². The van der Waals surface area contributed by atoms with Crippen LogP contribution in [0.5, 0.6) is 0 Å². The van der Waals surface area contributed by atoms with E-state index in [1.165, 1.54) is 12.1 Å². The first-order valence-electron chi connectivity index (χ1n) is 5.47. The zero-order chi connectivity index (χ0) is 12.3. The molecule has 1 saturated heterocycles. The summed E-state index contributed by atoms with van der Waals surface area (Å²) in [7, 11) is 0. The Balaban J connectivity index is 0.00000162. The molecule has 2 rings (SSSR count). The quantitative estimate of drug-likeness (QED) is 0.887. The molecule has 1 aromatic rings. The molecule has 1 aliphatic rings. The Morgan fingerprint density at radius 3 is 2.74 bits per heavy atom. The van der Waals surface area contributed by atoms with E-state index in [1.807, 2.05) is 0 Å². The highest BCUT2D eigenvalue weighted by Gasteiger charge is 2.29. The van der Waals surface area contributed by atoms with Gasteiger partial charge in [-0.15, -0.1) is 24.8 Å². The first kappa shape index (κ1) is 18.0. The van der Waals surface area contributed by atoms with Gasteiger partial charge in [0, 0.05) is 6.54 Å². The average Bonchev–Trinajstić information content (AvgIpc) is 2.81. The van der Waals surface area contributed by atoms with Gasteiger partial charge in [0.2, 0.25) is 0 Å². The summed E-state index contributed by atoms with van der Waals surface area (Å²) >= 11 is 0. The number of pyridine rings is 1. The molecule has 0 unspecified atom stereocenters. The summed E-state index contributed by atoms with van der Waals surface area (Å²) < 4.78 is 18.0. The molecule has 2 atom stereocenters. The predicted octanol–water partition coefficient (Wildman–Crippen LogP) is 1.51. The van der Waals surface area contributed by atoms with E-state index in [4.69, 9.17) is 10.5 Å². The maximum absolute atomic E-state index is 12.6. The second-order valence-electron chi connectivity index (χ2n) is 3.91. The molecule has 1 aromatic heterocycles. The first-order valence-corrected chi connectivity index (χ1v) is 5.47. The van der Waals surface area contributed by atoms with Crippen LogP contribution in [0.4, 0.5) is 10.2 Å². The number of hydrogen-bond acceptors (Lipinski definition) is 4. The lowest BCUT2D eigenvalue weighted by molar-refractivity contribution is -0.126. The normalized spacial score (nSPS) is 21.2. The number of nitrogens with zero attached hydrogens (tertiary/aromatic N) is 1. The van der Waals surface area contributed by atoms with Gasteiger partial charge in [0.1, 0.15) is 17.7 Å². The number of aromatic nitrogens is 1. The number of amides is 1. The molecule has 0 aliphatic carbocycles. The molecule has 2 heterocycles. The van der Waals surface area contributed by atoms with E-state index in [2.05, 4.69) is 10.3 Å². The number of carbonyl (C=O) groups excluding carboxylic acids is 1. The van der Waals surface area contributed by atoms with Crippen LogP contribution in [-0.2, 0) is 9.53 Å². The summed E-state index contributed by atoms with van der Waals surface area (Å²) in [5.74, 6) is -0.389. The van der Waals surface area contributed by atoms with Crippen molar-refractivity contribution in [3.63, 3.8) is 0 Å². The zero-order valence-corrected chi connectivity index (χ0v) is 11.7. The second-order valence-corrected chi connectivity index (χ2v) is 3.91. The number of nitrogens with two attached hydrogens (primary N) is 1. The Bertz CT molecular complexity index is 405. The summed E-state index contributed by atoms with van der Waals surface area (Å²) in [5.41, 5.74) is 5.45. The number of nitrogens with one attached hydrogen (secondary N) is 1. The predicted molar refractivity (Wildman–Crippen MR) is 74.3 cm³/mol. The van der Waals surface area contributed by atoms with Crippen LogP contribution >= 0.6 is 24.8 Å². The third-order valence-electron chi connectivity index (χ3n) is 2.64. The number of anilines is 1. The standard InChI is InChI=1S/C11H14FN3O2.2ClH/c12-7-1-4-10(14-6-7)15-11(16)9-3-2-8(5-13)17-9;;/h1,4,6,8-9H,2-3,5,13H2,(H,14,15,16);2*1H/t8-,9+;;/m1../s1. The Labute approximate surface area is 122 Å². The van der Waals surface area contributed by atoms with E-state index in [9.17, 15) is 9.18 Å². The van der Waals surface area contributed by atoms with Crippen LogP contribution in [0.3, 0.4) is 0 Å². The number of rotatable bonds is 3. The number of halogens is 3. The summed E-state index contributed by atoms with van der Waals surface area (Å²) in [5, 5.41) is 2.57. The Morgan fingerprint density at radius 1 is 1.47 bits per heavy atom. The van der Waals surface area contributed by atoms with Gasteiger partial charge >= 0.3 is 0 Å². The lowest BCUT2D eigenvalue weighted by Crippen LogP contribution is -2.30. The van der Waals surface area contributed by atoms with Crippen LogP contribution in [0.1, 0.15) is 12.8 Å². The van der Waals surface area contributed by atoms with Gasteiger partial charge in [0.05, 0.1) is 12.3 Å². The van der Waals surface area contributed by atoms with Crippen LogP contribution < -0.4 is 11.1 Å². The molecule has 0 aromatic carbocycles. The minimum atomic E-state index is -0.490. The summed E-state index contributed by atoms with van der Waals surface area (Å²) in [6.45, 7) is 0.415. The van der Waals surface area contributed by atoms with E-state index in [1.54, 1.807) is 0 Å². The van der Waals surface area contributed by atoms with Gasteiger partial charge in [-0.1, -0.05) is 0 Å². The molecular formula is C11H16Cl2FN3O2. The van der Waals surface area contributed by atoms with Crippen molar-refractivity contribution in [1.82, 2.24) is 4.98 Å². The van der Waals surface area contributed by atoms with Crippen molar-refractivity contribution in [3.8, 4) is 0 Å². The number of ether oxygens (including phenoxy) is 1. The zero-order valence-electron chi connectivity index (χ0n) is 10.0. The summed E-state index contributed by atoms with van der Waals surface area (Å²) in [6, 6.07) is 2.64. The van der Waals surface area contributed by atoms with E-state index in [0.29, 0.717) is 18.8 Å². The van der Waals surface area contributed by atoms with E-state index in [0.717, 1.165) is 12.6 Å². The molecule has 1 aliphatic heterocycles. The smallest absolute Gasteiger partial charge is 0.254 e. The van der Waals surface area contributed by atoms with Crippen molar-refractivity contribution in [2.24, 2.45) is 5.73 Å². The van der Waals surface area contributed by atoms with Crippen LogP contribution in [0.2, 0.25) is 0 Å². The fraction of sp³-hybridized carbons (Fsp3) is 0.455. The van der Waals surface area contributed by atoms with Gasteiger partial charge in [-0.3, -0.25) is 4.79 Å². The van der Waals surface area contributed by atoms with Gasteiger partial charge in [0.25, 0.3) is 5.91 Å². The lowest BCUT2D eigenvalue weighted by atomic mass is 10.2. The molecule has 0 bridgehead atoms. The molecule has 19 heavy (non-hydrogen) atoms.